The Kier molecular flexibility index (Phi) is 6.84. The molecule has 1 N–H and O–H groups in total. The Morgan fingerprint density at radius 1 is 1.21 bits per heavy atom. The van der Waals surface area contributed by atoms with Gasteiger partial charge in [0.2, 0.25) is 5.95 Å². The van der Waals surface area contributed by atoms with Crippen LogP contribution in [0.1, 0.15) is 53.4 Å². The number of rotatable bonds is 7. The third-order valence-electron chi connectivity index (χ3n) is 5.78. The number of nitriles is 1. The van der Waals surface area contributed by atoms with E-state index >= 15 is 0 Å². The Hall–Kier alpha value is -3.51. The molecule has 33 heavy (non-hydrogen) atoms. The lowest BCUT2D eigenvalue weighted by Gasteiger charge is -2.29. The fourth-order valence-electron chi connectivity index (χ4n) is 3.92. The number of benzene rings is 1. The van der Waals surface area contributed by atoms with Gasteiger partial charge in [0.25, 0.3) is 11.5 Å². The van der Waals surface area contributed by atoms with Crippen LogP contribution < -0.4 is 15.8 Å². The number of carbonyl (C=O) groups excluding carboxylic acids is 2. The van der Waals surface area contributed by atoms with Gasteiger partial charge in [-0.15, -0.1) is 11.3 Å². The van der Waals surface area contributed by atoms with Gasteiger partial charge < -0.3 is 10.2 Å². The molecule has 3 heterocycles. The van der Waals surface area contributed by atoms with E-state index in [-0.39, 0.29) is 30.3 Å². The highest BCUT2D eigenvalue weighted by atomic mass is 32.1. The second-order valence-electron chi connectivity index (χ2n) is 8.02. The third kappa shape index (κ3) is 4.81. The molecule has 1 amide bonds. The number of hydrogen-bond acceptors (Lipinski definition) is 7. The molecule has 0 unspecified atom stereocenters. The molecular formula is C24H25N5O3S. The van der Waals surface area contributed by atoms with Crippen molar-refractivity contribution in [2.45, 2.75) is 39.2 Å². The molecule has 2 aromatic heterocycles. The van der Waals surface area contributed by atoms with E-state index in [1.807, 2.05) is 12.1 Å². The van der Waals surface area contributed by atoms with E-state index in [9.17, 15) is 19.6 Å². The molecule has 1 aliphatic rings. The number of carbonyl (C=O) groups is 2. The Balaban J connectivity index is 1.78. The zero-order valence-corrected chi connectivity index (χ0v) is 19.3. The standard InChI is InChI=1S/C24H25N5O3S/c1-2-18(30)14-26-22(31)20-12-19-21(33-20)23(32)29(15-17-9-5-4-8-16(17)13-25)24(27-19)28-10-6-3-7-11-28/h4-5,8-9,12H,2-3,6-7,10-11,14-15H2,1H3,(H,26,31). The maximum atomic E-state index is 13.6. The first-order chi connectivity index (χ1) is 16.0. The van der Waals surface area contributed by atoms with Gasteiger partial charge in [0.1, 0.15) is 4.70 Å². The number of hydrogen-bond donors (Lipinski definition) is 1. The minimum Gasteiger partial charge on any atom is -0.344 e. The van der Waals surface area contributed by atoms with Crippen molar-refractivity contribution in [3.05, 3.63) is 56.7 Å². The largest absolute Gasteiger partial charge is 0.344 e. The highest BCUT2D eigenvalue weighted by Gasteiger charge is 2.22. The van der Waals surface area contributed by atoms with Crippen LogP contribution in [0.25, 0.3) is 10.2 Å². The molecule has 1 saturated heterocycles. The SMILES string of the molecule is CCC(=O)CNC(=O)c1cc2nc(N3CCCCC3)n(Cc3ccccc3C#N)c(=O)c2s1. The van der Waals surface area contributed by atoms with Gasteiger partial charge in [0.15, 0.2) is 5.78 Å². The van der Waals surface area contributed by atoms with Crippen LogP contribution >= 0.6 is 11.3 Å². The summed E-state index contributed by atoms with van der Waals surface area (Å²) in [5.41, 5.74) is 1.50. The summed E-state index contributed by atoms with van der Waals surface area (Å²) in [6.07, 6.45) is 3.53. The molecule has 8 nitrogen and oxygen atoms in total. The summed E-state index contributed by atoms with van der Waals surface area (Å²) < 4.78 is 2.00. The van der Waals surface area contributed by atoms with E-state index in [0.29, 0.717) is 33.0 Å². The van der Waals surface area contributed by atoms with Crippen molar-refractivity contribution < 1.29 is 9.59 Å². The van der Waals surface area contributed by atoms with Crippen LogP contribution in [0.5, 0.6) is 0 Å². The monoisotopic (exact) mass is 463 g/mol. The number of aromatic nitrogens is 2. The molecule has 0 aliphatic carbocycles. The Morgan fingerprint density at radius 3 is 2.70 bits per heavy atom. The molecule has 3 aromatic rings. The smallest absolute Gasteiger partial charge is 0.273 e. The third-order valence-corrected chi connectivity index (χ3v) is 6.89. The topological polar surface area (TPSA) is 108 Å². The minimum absolute atomic E-state index is 0.0365. The van der Waals surface area contributed by atoms with E-state index in [0.717, 1.165) is 49.3 Å². The molecule has 4 rings (SSSR count). The number of thiophene rings is 1. The van der Waals surface area contributed by atoms with Gasteiger partial charge >= 0.3 is 0 Å². The average Bonchev–Trinajstić information content (AvgIpc) is 3.29. The van der Waals surface area contributed by atoms with E-state index in [1.165, 1.54) is 0 Å². The molecule has 0 spiro atoms. The number of anilines is 1. The predicted octanol–water partition coefficient (Wildman–Crippen LogP) is 3.08. The van der Waals surface area contributed by atoms with Gasteiger partial charge in [-0.1, -0.05) is 25.1 Å². The maximum Gasteiger partial charge on any atom is 0.273 e. The first-order valence-electron chi connectivity index (χ1n) is 11.1. The lowest BCUT2D eigenvalue weighted by Crippen LogP contribution is -2.36. The highest BCUT2D eigenvalue weighted by Crippen LogP contribution is 2.26. The molecule has 9 heteroatoms. The molecule has 170 valence electrons. The zero-order chi connectivity index (χ0) is 23.4. The van der Waals surface area contributed by atoms with Crippen LogP contribution in [0.4, 0.5) is 5.95 Å². The first kappa shape index (κ1) is 22.7. The van der Waals surface area contributed by atoms with E-state index in [1.54, 1.807) is 29.7 Å². The molecule has 0 radical (unpaired) electrons. The van der Waals surface area contributed by atoms with Crippen molar-refractivity contribution in [2.24, 2.45) is 0 Å². The second-order valence-corrected chi connectivity index (χ2v) is 9.07. The highest BCUT2D eigenvalue weighted by molar-refractivity contribution is 7.20. The molecule has 1 aliphatic heterocycles. The number of Topliss-reactive ketones (excluding diaryl/α,β-unsaturated/α-hetero) is 1. The molecular weight excluding hydrogens is 438 g/mol. The summed E-state index contributed by atoms with van der Waals surface area (Å²) in [5.74, 6) is 0.111. The summed E-state index contributed by atoms with van der Waals surface area (Å²) >= 11 is 1.08. The Morgan fingerprint density at radius 2 is 1.97 bits per heavy atom. The number of amides is 1. The molecule has 0 saturated carbocycles. The lowest BCUT2D eigenvalue weighted by atomic mass is 10.1. The summed E-state index contributed by atoms with van der Waals surface area (Å²) in [6.45, 7) is 3.53. The maximum absolute atomic E-state index is 13.6. The van der Waals surface area contributed by atoms with E-state index in [2.05, 4.69) is 16.3 Å². The van der Waals surface area contributed by atoms with Crippen molar-refractivity contribution in [3.8, 4) is 6.07 Å². The van der Waals surface area contributed by atoms with Gasteiger partial charge in [0.05, 0.1) is 35.1 Å². The molecule has 0 atom stereocenters. The number of fused-ring (bicyclic) bond motifs is 1. The summed E-state index contributed by atoms with van der Waals surface area (Å²) in [6, 6.07) is 11.0. The molecule has 0 bridgehead atoms. The van der Waals surface area contributed by atoms with Gasteiger partial charge in [-0.25, -0.2) is 4.98 Å². The van der Waals surface area contributed by atoms with Gasteiger partial charge in [-0.2, -0.15) is 5.26 Å². The van der Waals surface area contributed by atoms with Crippen LogP contribution in [0.2, 0.25) is 0 Å². The van der Waals surface area contributed by atoms with Crippen LogP contribution in [-0.2, 0) is 11.3 Å². The fraction of sp³-hybridized carbons (Fsp3) is 0.375. The average molecular weight is 464 g/mol. The van der Waals surface area contributed by atoms with Crippen molar-refractivity contribution >= 4 is 39.2 Å². The van der Waals surface area contributed by atoms with Crippen molar-refractivity contribution in [2.75, 3.05) is 24.5 Å². The molecule has 1 fully saturated rings. The molecule has 1 aromatic carbocycles. The predicted molar refractivity (Wildman–Crippen MR) is 128 cm³/mol. The van der Waals surface area contributed by atoms with Crippen LogP contribution in [0.15, 0.2) is 35.1 Å². The number of piperidine rings is 1. The van der Waals surface area contributed by atoms with E-state index < -0.39 is 0 Å². The summed E-state index contributed by atoms with van der Waals surface area (Å²) in [5, 5.41) is 12.1. The normalized spacial score (nSPS) is 13.6. The zero-order valence-electron chi connectivity index (χ0n) is 18.5. The summed E-state index contributed by atoms with van der Waals surface area (Å²) in [4.78, 5) is 44.9. The van der Waals surface area contributed by atoms with Gasteiger partial charge in [-0.05, 0) is 37.0 Å². The Labute approximate surface area is 195 Å². The number of nitrogens with one attached hydrogen (secondary N) is 1. The van der Waals surface area contributed by atoms with E-state index in [4.69, 9.17) is 4.98 Å². The van der Waals surface area contributed by atoms with Crippen LogP contribution in [0, 0.1) is 11.3 Å². The Bertz CT molecular complexity index is 1300. The van der Waals surface area contributed by atoms with Crippen molar-refractivity contribution in [3.63, 3.8) is 0 Å². The number of ketones is 1. The summed E-state index contributed by atoms with van der Waals surface area (Å²) in [7, 11) is 0. The first-order valence-corrected chi connectivity index (χ1v) is 11.9. The van der Waals surface area contributed by atoms with Crippen molar-refractivity contribution in [1.29, 1.82) is 5.26 Å². The van der Waals surface area contributed by atoms with Gasteiger partial charge in [0, 0.05) is 19.5 Å². The van der Waals surface area contributed by atoms with Crippen molar-refractivity contribution in [1.82, 2.24) is 14.9 Å². The fourth-order valence-corrected chi connectivity index (χ4v) is 4.88. The second kappa shape index (κ2) is 9.96. The van der Waals surface area contributed by atoms with Crippen LogP contribution in [0.3, 0.4) is 0 Å². The van der Waals surface area contributed by atoms with Crippen LogP contribution in [-0.4, -0.2) is 40.9 Å². The number of nitrogens with zero attached hydrogens (tertiary/aromatic N) is 4. The minimum atomic E-state index is -0.389. The van der Waals surface area contributed by atoms with Gasteiger partial charge in [-0.3, -0.25) is 19.0 Å². The quantitative estimate of drug-likeness (QED) is 0.577. The lowest BCUT2D eigenvalue weighted by molar-refractivity contribution is -0.117.